The highest BCUT2D eigenvalue weighted by Gasteiger charge is 2.35. The van der Waals surface area contributed by atoms with Gasteiger partial charge in [0, 0.05) is 6.54 Å². The lowest BCUT2D eigenvalue weighted by molar-refractivity contribution is 0.0223. The summed E-state index contributed by atoms with van der Waals surface area (Å²) < 4.78 is 5.35. The number of rotatable bonds is 2. The van der Waals surface area contributed by atoms with Gasteiger partial charge in [-0.1, -0.05) is 11.3 Å². The van der Waals surface area contributed by atoms with Crippen molar-refractivity contribution in [2.24, 2.45) is 0 Å². The maximum atomic E-state index is 12.1. The van der Waals surface area contributed by atoms with Crippen molar-refractivity contribution in [1.29, 1.82) is 0 Å². The molecular formula is C12H17N3O4S. The van der Waals surface area contributed by atoms with E-state index < -0.39 is 17.7 Å². The van der Waals surface area contributed by atoms with Crippen LogP contribution in [-0.4, -0.2) is 44.4 Å². The minimum absolute atomic E-state index is 0.0592. The van der Waals surface area contributed by atoms with Crippen LogP contribution in [0.1, 0.15) is 54.5 Å². The van der Waals surface area contributed by atoms with Crippen molar-refractivity contribution in [2.45, 2.75) is 45.3 Å². The monoisotopic (exact) mass is 299 g/mol. The van der Waals surface area contributed by atoms with Crippen molar-refractivity contribution in [3.8, 4) is 0 Å². The average Bonchev–Trinajstić information content (AvgIpc) is 2.95. The molecule has 1 aromatic rings. The maximum Gasteiger partial charge on any atom is 0.410 e. The van der Waals surface area contributed by atoms with Crippen LogP contribution in [0.5, 0.6) is 0 Å². The van der Waals surface area contributed by atoms with Crippen LogP contribution in [0.15, 0.2) is 0 Å². The number of hydrogen-bond donors (Lipinski definition) is 1. The van der Waals surface area contributed by atoms with Gasteiger partial charge in [-0.2, -0.15) is 0 Å². The van der Waals surface area contributed by atoms with E-state index in [9.17, 15) is 9.59 Å². The first kappa shape index (κ1) is 14.7. The number of amides is 1. The van der Waals surface area contributed by atoms with Gasteiger partial charge in [0.25, 0.3) is 0 Å². The van der Waals surface area contributed by atoms with Gasteiger partial charge in [-0.3, -0.25) is 4.90 Å². The van der Waals surface area contributed by atoms with Gasteiger partial charge in [0.05, 0.1) is 6.04 Å². The number of carboxylic acid groups (broad SMARTS) is 1. The van der Waals surface area contributed by atoms with Crippen molar-refractivity contribution >= 4 is 23.4 Å². The maximum absolute atomic E-state index is 12.1. The first-order valence-corrected chi connectivity index (χ1v) is 7.16. The zero-order valence-electron chi connectivity index (χ0n) is 11.6. The second-order valence-electron chi connectivity index (χ2n) is 5.58. The van der Waals surface area contributed by atoms with Gasteiger partial charge in [0.15, 0.2) is 0 Å². The largest absolute Gasteiger partial charge is 0.476 e. The Kier molecular flexibility index (Phi) is 3.94. The zero-order valence-corrected chi connectivity index (χ0v) is 12.4. The van der Waals surface area contributed by atoms with E-state index in [0.29, 0.717) is 11.6 Å². The van der Waals surface area contributed by atoms with E-state index in [4.69, 9.17) is 9.84 Å². The van der Waals surface area contributed by atoms with Crippen molar-refractivity contribution in [2.75, 3.05) is 6.54 Å². The number of ether oxygens (including phenoxy) is 1. The van der Waals surface area contributed by atoms with Gasteiger partial charge in [-0.25, -0.2) is 9.59 Å². The molecule has 1 aliphatic heterocycles. The summed E-state index contributed by atoms with van der Waals surface area (Å²) in [7, 11) is 0. The molecule has 1 N–H and O–H groups in total. The second-order valence-corrected chi connectivity index (χ2v) is 6.59. The van der Waals surface area contributed by atoms with Gasteiger partial charge < -0.3 is 9.84 Å². The van der Waals surface area contributed by atoms with Crippen LogP contribution in [0.4, 0.5) is 4.79 Å². The number of likely N-dealkylation sites (tertiary alicyclic amines) is 1. The fourth-order valence-corrected chi connectivity index (χ4v) is 2.85. The number of nitrogens with zero attached hydrogens (tertiary/aromatic N) is 3. The molecule has 0 saturated carbocycles. The van der Waals surface area contributed by atoms with E-state index in [-0.39, 0.29) is 11.0 Å². The normalized spacial score (nSPS) is 19.1. The average molecular weight is 299 g/mol. The number of carbonyl (C=O) groups excluding carboxylic acids is 1. The van der Waals surface area contributed by atoms with E-state index in [2.05, 4.69) is 10.2 Å². The Morgan fingerprint density at radius 2 is 2.10 bits per heavy atom. The van der Waals surface area contributed by atoms with Crippen molar-refractivity contribution in [1.82, 2.24) is 15.1 Å². The van der Waals surface area contributed by atoms with E-state index in [1.165, 1.54) is 0 Å². The molecule has 1 atom stereocenters. The van der Waals surface area contributed by atoms with Gasteiger partial charge >= 0.3 is 12.1 Å². The molecule has 1 saturated heterocycles. The lowest BCUT2D eigenvalue weighted by atomic mass is 10.2. The topological polar surface area (TPSA) is 92.6 Å². The summed E-state index contributed by atoms with van der Waals surface area (Å²) in [5.41, 5.74) is -0.558. The van der Waals surface area contributed by atoms with Crippen LogP contribution in [-0.2, 0) is 4.74 Å². The molecule has 2 heterocycles. The van der Waals surface area contributed by atoms with Crippen molar-refractivity contribution in [3.63, 3.8) is 0 Å². The van der Waals surface area contributed by atoms with Gasteiger partial charge in [-0.15, -0.1) is 10.2 Å². The summed E-state index contributed by atoms with van der Waals surface area (Å²) in [6, 6.07) is -0.240. The molecule has 1 fully saturated rings. The molecule has 0 bridgehead atoms. The van der Waals surface area contributed by atoms with Gasteiger partial charge in [0.2, 0.25) is 5.01 Å². The summed E-state index contributed by atoms with van der Waals surface area (Å²) in [6.07, 6.45) is 1.19. The minimum atomic E-state index is -1.10. The Hall–Kier alpha value is -1.70. The highest BCUT2D eigenvalue weighted by Crippen LogP contribution is 2.34. The first-order chi connectivity index (χ1) is 9.28. The molecule has 0 spiro atoms. The number of aromatic carboxylic acids is 1. The molecule has 20 heavy (non-hydrogen) atoms. The van der Waals surface area contributed by atoms with Crippen LogP contribution in [0.2, 0.25) is 0 Å². The van der Waals surface area contributed by atoms with Crippen molar-refractivity contribution < 1.29 is 19.4 Å². The van der Waals surface area contributed by atoms with Crippen LogP contribution in [0, 0.1) is 0 Å². The van der Waals surface area contributed by atoms with Crippen LogP contribution in [0.3, 0.4) is 0 Å². The zero-order chi connectivity index (χ0) is 14.9. The third-order valence-electron chi connectivity index (χ3n) is 2.79. The van der Waals surface area contributed by atoms with Crippen LogP contribution < -0.4 is 0 Å². The molecule has 0 aromatic carbocycles. The van der Waals surface area contributed by atoms with Crippen LogP contribution >= 0.6 is 11.3 Å². The Morgan fingerprint density at radius 1 is 1.40 bits per heavy atom. The lowest BCUT2D eigenvalue weighted by Gasteiger charge is -2.27. The molecule has 1 aliphatic rings. The minimum Gasteiger partial charge on any atom is -0.476 e. The molecule has 1 aromatic heterocycles. The molecule has 110 valence electrons. The second kappa shape index (κ2) is 5.35. The third-order valence-corrected chi connectivity index (χ3v) is 3.80. The summed E-state index contributed by atoms with van der Waals surface area (Å²) in [6.45, 7) is 6.01. The number of carbonyl (C=O) groups is 2. The third kappa shape index (κ3) is 3.24. The van der Waals surface area contributed by atoms with E-state index in [1.807, 2.05) is 20.8 Å². The summed E-state index contributed by atoms with van der Waals surface area (Å²) >= 11 is 1.01. The number of hydrogen-bond acceptors (Lipinski definition) is 6. The fourth-order valence-electron chi connectivity index (χ4n) is 2.02. The highest BCUT2D eigenvalue weighted by atomic mass is 32.1. The predicted molar refractivity (Wildman–Crippen MR) is 71.8 cm³/mol. The van der Waals surface area contributed by atoms with Crippen molar-refractivity contribution in [3.05, 3.63) is 10.0 Å². The van der Waals surface area contributed by atoms with E-state index in [1.54, 1.807) is 4.90 Å². The molecule has 7 nitrogen and oxygen atoms in total. The molecule has 8 heteroatoms. The smallest absolute Gasteiger partial charge is 0.410 e. The summed E-state index contributed by atoms with van der Waals surface area (Å²) in [4.78, 5) is 24.6. The fraction of sp³-hybridized carbons (Fsp3) is 0.667. The first-order valence-electron chi connectivity index (χ1n) is 6.34. The quantitative estimate of drug-likeness (QED) is 0.900. The molecule has 0 aliphatic carbocycles. The van der Waals surface area contributed by atoms with E-state index >= 15 is 0 Å². The molecular weight excluding hydrogens is 282 g/mol. The van der Waals surface area contributed by atoms with Gasteiger partial charge in [-0.05, 0) is 33.6 Å². The molecule has 0 unspecified atom stereocenters. The Balaban J connectivity index is 2.14. The Morgan fingerprint density at radius 3 is 2.65 bits per heavy atom. The lowest BCUT2D eigenvalue weighted by Crippen LogP contribution is -2.36. The molecule has 2 rings (SSSR count). The van der Waals surface area contributed by atoms with Gasteiger partial charge in [0.1, 0.15) is 10.6 Å². The number of aromatic nitrogens is 2. The predicted octanol–water partition coefficient (Wildman–Crippen LogP) is 2.31. The van der Waals surface area contributed by atoms with Crippen LogP contribution in [0.25, 0.3) is 0 Å². The SMILES string of the molecule is CC(C)(C)OC(=O)N1CCC[C@H]1c1nnc(C(=O)O)s1. The Labute approximate surface area is 120 Å². The molecule has 0 radical (unpaired) electrons. The highest BCUT2D eigenvalue weighted by molar-refractivity contribution is 7.13. The summed E-state index contributed by atoms with van der Waals surface area (Å²) in [5, 5.41) is 16.9. The number of carboxylic acids is 1. The van der Waals surface area contributed by atoms with E-state index in [0.717, 1.165) is 24.2 Å². The Bertz CT molecular complexity index is 523. The summed E-state index contributed by atoms with van der Waals surface area (Å²) in [5.74, 6) is -1.10. The molecule has 1 amide bonds. The standard InChI is InChI=1S/C12H17N3O4S/c1-12(2,3)19-11(18)15-6-4-5-7(15)8-13-14-9(20-8)10(16)17/h7H,4-6H2,1-3H3,(H,16,17)/t7-/m0/s1.